The first-order valence-corrected chi connectivity index (χ1v) is 9.32. The first-order chi connectivity index (χ1) is 13.3. The van der Waals surface area contributed by atoms with Crippen molar-refractivity contribution < 1.29 is 18.9 Å². The van der Waals surface area contributed by atoms with E-state index >= 15 is 0 Å². The number of rotatable bonds is 2. The lowest BCUT2D eigenvalue weighted by atomic mass is 9.87. The summed E-state index contributed by atoms with van der Waals surface area (Å²) in [7, 11) is 1.46. The van der Waals surface area contributed by atoms with Crippen LogP contribution >= 0.6 is 11.6 Å². The Morgan fingerprint density at radius 3 is 2.54 bits per heavy atom. The topological polar surface area (TPSA) is 95.8 Å². The summed E-state index contributed by atoms with van der Waals surface area (Å²) >= 11 is 6.27. The van der Waals surface area contributed by atoms with Gasteiger partial charge in [-0.05, 0) is 25.8 Å². The fourth-order valence-corrected chi connectivity index (χ4v) is 4.03. The first-order valence-electron chi connectivity index (χ1n) is 8.95. The molecule has 0 aliphatic carbocycles. The third-order valence-corrected chi connectivity index (χ3v) is 5.80. The number of carbonyl (C=O) groups excluding carboxylic acids is 3. The minimum atomic E-state index is -0.919. The molecule has 1 spiro atoms. The monoisotopic (exact) mass is 402 g/mol. The summed E-state index contributed by atoms with van der Waals surface area (Å²) in [6, 6.07) is 6.72. The lowest BCUT2D eigenvalue weighted by molar-refractivity contribution is -0.131. The molecule has 146 valence electrons. The number of piperidine rings is 1. The van der Waals surface area contributed by atoms with E-state index in [1.807, 2.05) is 6.07 Å². The molecule has 2 aromatic rings. The molecule has 3 heterocycles. The molecule has 2 saturated heterocycles. The van der Waals surface area contributed by atoms with Gasteiger partial charge in [0.15, 0.2) is 0 Å². The Kier molecular flexibility index (Phi) is 4.38. The van der Waals surface area contributed by atoms with Crippen molar-refractivity contribution in [3.8, 4) is 11.3 Å². The van der Waals surface area contributed by atoms with Gasteiger partial charge in [-0.15, -0.1) is 0 Å². The largest absolute Gasteiger partial charge is 0.360 e. The Balaban J connectivity index is 1.58. The van der Waals surface area contributed by atoms with E-state index in [-0.39, 0.29) is 11.8 Å². The number of nitrogens with zero attached hydrogens (tertiary/aromatic N) is 3. The average molecular weight is 403 g/mol. The third kappa shape index (κ3) is 2.75. The molecule has 2 aliphatic heterocycles. The summed E-state index contributed by atoms with van der Waals surface area (Å²) in [5.74, 6) is -0.0682. The highest BCUT2D eigenvalue weighted by Gasteiger charge is 2.51. The van der Waals surface area contributed by atoms with Crippen LogP contribution in [0, 0.1) is 6.92 Å². The summed E-state index contributed by atoms with van der Waals surface area (Å²) < 4.78 is 5.28. The van der Waals surface area contributed by atoms with Gasteiger partial charge >= 0.3 is 6.03 Å². The Morgan fingerprint density at radius 1 is 1.25 bits per heavy atom. The highest BCUT2D eigenvalue weighted by Crippen LogP contribution is 2.34. The Bertz CT molecular complexity index is 978. The van der Waals surface area contributed by atoms with Gasteiger partial charge in [-0.25, -0.2) is 4.79 Å². The maximum Gasteiger partial charge on any atom is 0.324 e. The van der Waals surface area contributed by atoms with Crippen LogP contribution in [-0.4, -0.2) is 58.5 Å². The minimum absolute atomic E-state index is 0.228. The highest BCUT2D eigenvalue weighted by atomic mass is 35.5. The number of amides is 4. The Labute approximate surface area is 166 Å². The third-order valence-electron chi connectivity index (χ3n) is 5.47. The molecular formula is C19H19ClN4O4. The lowest BCUT2D eigenvalue weighted by Gasteiger charge is -2.37. The zero-order valence-corrected chi connectivity index (χ0v) is 16.2. The molecule has 9 heteroatoms. The Hall–Kier alpha value is -2.87. The van der Waals surface area contributed by atoms with E-state index in [1.54, 1.807) is 30.0 Å². The van der Waals surface area contributed by atoms with Crippen LogP contribution in [0.4, 0.5) is 4.79 Å². The van der Waals surface area contributed by atoms with Crippen molar-refractivity contribution in [1.82, 2.24) is 20.3 Å². The molecule has 1 N–H and O–H groups in total. The molecule has 2 aliphatic rings. The van der Waals surface area contributed by atoms with Gasteiger partial charge in [-0.2, -0.15) is 0 Å². The van der Waals surface area contributed by atoms with Crippen molar-refractivity contribution in [2.75, 3.05) is 20.1 Å². The summed E-state index contributed by atoms with van der Waals surface area (Å²) in [6.45, 7) is 2.36. The lowest BCUT2D eigenvalue weighted by Crippen LogP contribution is -2.55. The van der Waals surface area contributed by atoms with Gasteiger partial charge in [0.1, 0.15) is 22.6 Å². The number of likely N-dealkylation sites (N-methyl/N-ethyl adjacent to an activating group) is 1. The number of carbonyl (C=O) groups is 3. The summed E-state index contributed by atoms with van der Waals surface area (Å²) in [6.07, 6.45) is 0.721. The zero-order valence-electron chi connectivity index (χ0n) is 15.5. The van der Waals surface area contributed by atoms with Gasteiger partial charge in [-0.1, -0.05) is 35.0 Å². The van der Waals surface area contributed by atoms with Gasteiger partial charge in [0.2, 0.25) is 0 Å². The van der Waals surface area contributed by atoms with E-state index in [2.05, 4.69) is 10.5 Å². The maximum atomic E-state index is 13.2. The molecule has 1 aromatic heterocycles. The van der Waals surface area contributed by atoms with Crippen LogP contribution in [0.5, 0.6) is 0 Å². The van der Waals surface area contributed by atoms with Crippen molar-refractivity contribution in [2.45, 2.75) is 25.3 Å². The number of hydrogen-bond acceptors (Lipinski definition) is 5. The number of likely N-dealkylation sites (tertiary alicyclic amines) is 1. The van der Waals surface area contributed by atoms with Crippen LogP contribution in [0.25, 0.3) is 11.3 Å². The molecule has 4 amide bonds. The number of imide groups is 1. The number of urea groups is 1. The number of halogens is 1. The molecule has 0 unspecified atom stereocenters. The molecule has 0 radical (unpaired) electrons. The maximum absolute atomic E-state index is 13.2. The number of aryl methyl sites for hydroxylation is 1. The quantitative estimate of drug-likeness (QED) is 0.778. The Morgan fingerprint density at radius 2 is 1.93 bits per heavy atom. The summed E-state index contributed by atoms with van der Waals surface area (Å²) in [5, 5.41) is 7.29. The van der Waals surface area contributed by atoms with Crippen molar-refractivity contribution in [3.05, 3.63) is 40.6 Å². The van der Waals surface area contributed by atoms with Gasteiger partial charge < -0.3 is 14.7 Å². The smallest absolute Gasteiger partial charge is 0.324 e. The fraction of sp³-hybridized carbons (Fsp3) is 0.368. The average Bonchev–Trinajstić information content (AvgIpc) is 3.16. The van der Waals surface area contributed by atoms with Crippen molar-refractivity contribution in [2.24, 2.45) is 0 Å². The van der Waals surface area contributed by atoms with E-state index in [0.29, 0.717) is 53.5 Å². The molecule has 0 saturated carbocycles. The van der Waals surface area contributed by atoms with Crippen molar-refractivity contribution in [3.63, 3.8) is 0 Å². The molecule has 1 aromatic carbocycles. The van der Waals surface area contributed by atoms with Crippen molar-refractivity contribution in [1.29, 1.82) is 0 Å². The van der Waals surface area contributed by atoms with Crippen LogP contribution in [0.1, 0.15) is 29.0 Å². The second-order valence-electron chi connectivity index (χ2n) is 7.11. The molecule has 0 bridgehead atoms. The van der Waals surface area contributed by atoms with E-state index in [4.69, 9.17) is 16.1 Å². The van der Waals surface area contributed by atoms with E-state index in [9.17, 15) is 14.4 Å². The van der Waals surface area contributed by atoms with Crippen LogP contribution in [-0.2, 0) is 4.79 Å². The highest BCUT2D eigenvalue weighted by molar-refractivity contribution is 6.33. The molecule has 0 atom stereocenters. The number of hydrogen-bond donors (Lipinski definition) is 1. The van der Waals surface area contributed by atoms with Gasteiger partial charge in [0.25, 0.3) is 11.8 Å². The second kappa shape index (κ2) is 6.63. The predicted octanol–water partition coefficient (Wildman–Crippen LogP) is 2.46. The summed E-state index contributed by atoms with van der Waals surface area (Å²) in [4.78, 5) is 40.2. The second-order valence-corrected chi connectivity index (χ2v) is 7.52. The molecule has 4 rings (SSSR count). The number of aromatic nitrogens is 1. The van der Waals surface area contributed by atoms with Gasteiger partial charge in [-0.3, -0.25) is 14.5 Å². The minimum Gasteiger partial charge on any atom is -0.360 e. The molecule has 8 nitrogen and oxygen atoms in total. The molecule has 28 heavy (non-hydrogen) atoms. The van der Waals surface area contributed by atoms with Gasteiger partial charge in [0, 0.05) is 25.7 Å². The first kappa shape index (κ1) is 18.5. The fourth-order valence-electron chi connectivity index (χ4n) is 3.80. The zero-order chi connectivity index (χ0) is 20.1. The van der Waals surface area contributed by atoms with E-state index in [0.717, 1.165) is 4.90 Å². The van der Waals surface area contributed by atoms with Crippen LogP contribution in [0.15, 0.2) is 28.8 Å². The number of nitrogens with one attached hydrogen (secondary N) is 1. The van der Waals surface area contributed by atoms with Crippen molar-refractivity contribution >= 4 is 29.4 Å². The van der Waals surface area contributed by atoms with Gasteiger partial charge in [0.05, 0.1) is 5.02 Å². The van der Waals surface area contributed by atoms with E-state index in [1.165, 1.54) is 7.05 Å². The summed E-state index contributed by atoms with van der Waals surface area (Å²) in [5.41, 5.74) is 0.469. The molecule has 2 fully saturated rings. The number of benzene rings is 1. The molecular weight excluding hydrogens is 384 g/mol. The van der Waals surface area contributed by atoms with Crippen LogP contribution in [0.2, 0.25) is 5.02 Å². The van der Waals surface area contributed by atoms with E-state index < -0.39 is 11.6 Å². The van der Waals surface area contributed by atoms with Crippen LogP contribution in [0.3, 0.4) is 0 Å². The SMILES string of the molecule is Cc1onc(-c2ccccc2Cl)c1C(=O)N1CCC2(CC1)NC(=O)N(C)C2=O. The normalized spacial score (nSPS) is 18.7. The standard InChI is InChI=1S/C19H19ClN4O4/c1-11-14(15(22-28-11)12-5-3-4-6-13(12)20)16(25)24-9-7-19(8-10-24)17(26)23(2)18(27)21-19/h3-6H,7-10H2,1-2H3,(H,21,27). The van der Waals surface area contributed by atoms with Crippen LogP contribution < -0.4 is 5.32 Å². The predicted molar refractivity (Wildman–Crippen MR) is 101 cm³/mol.